The third-order valence-corrected chi connectivity index (χ3v) is 4.01. The highest BCUT2D eigenvalue weighted by molar-refractivity contribution is 5.27. The Morgan fingerprint density at radius 1 is 1.30 bits per heavy atom. The lowest BCUT2D eigenvalue weighted by molar-refractivity contribution is -0.000448. The minimum atomic E-state index is -0.413. The van der Waals surface area contributed by atoms with E-state index in [0.717, 1.165) is 44.9 Å². The van der Waals surface area contributed by atoms with Crippen molar-refractivity contribution >= 4 is 0 Å². The van der Waals surface area contributed by atoms with Crippen LogP contribution in [0.25, 0.3) is 0 Å². The standard InChI is InChI=1S/C16H22N2O2/c1-16(13-17,18-9-11-20-12-10-18)8-7-14-3-5-15(19-2)6-4-14/h3-6H,7-12H2,1-2H3. The molecule has 4 nitrogen and oxygen atoms in total. The average Bonchev–Trinajstić information content (AvgIpc) is 2.54. The Labute approximate surface area is 120 Å². The molecule has 0 radical (unpaired) electrons. The van der Waals surface area contributed by atoms with Gasteiger partial charge in [-0.15, -0.1) is 0 Å². The van der Waals surface area contributed by atoms with Crippen LogP contribution in [-0.2, 0) is 11.2 Å². The van der Waals surface area contributed by atoms with E-state index in [4.69, 9.17) is 9.47 Å². The second-order valence-electron chi connectivity index (χ2n) is 5.33. The van der Waals surface area contributed by atoms with E-state index in [1.54, 1.807) is 7.11 Å². The van der Waals surface area contributed by atoms with Crippen LogP contribution in [0.2, 0.25) is 0 Å². The van der Waals surface area contributed by atoms with Crippen LogP contribution in [0, 0.1) is 11.3 Å². The lowest BCUT2D eigenvalue weighted by Crippen LogP contribution is -2.51. The highest BCUT2D eigenvalue weighted by Crippen LogP contribution is 2.23. The van der Waals surface area contributed by atoms with Crippen LogP contribution >= 0.6 is 0 Å². The van der Waals surface area contributed by atoms with Gasteiger partial charge in [-0.2, -0.15) is 5.26 Å². The number of hydrogen-bond donors (Lipinski definition) is 0. The first-order valence-corrected chi connectivity index (χ1v) is 7.05. The monoisotopic (exact) mass is 274 g/mol. The van der Waals surface area contributed by atoms with Crippen molar-refractivity contribution in [1.82, 2.24) is 4.90 Å². The number of nitriles is 1. The lowest BCUT2D eigenvalue weighted by atomic mass is 9.92. The van der Waals surface area contributed by atoms with Crippen LogP contribution < -0.4 is 4.74 Å². The van der Waals surface area contributed by atoms with E-state index in [9.17, 15) is 5.26 Å². The lowest BCUT2D eigenvalue weighted by Gasteiger charge is -2.38. The van der Waals surface area contributed by atoms with E-state index in [-0.39, 0.29) is 0 Å². The fourth-order valence-corrected chi connectivity index (χ4v) is 2.52. The third kappa shape index (κ3) is 3.50. The van der Waals surface area contributed by atoms with Crippen molar-refractivity contribution in [1.29, 1.82) is 5.26 Å². The Kier molecular flexibility index (Phi) is 4.99. The largest absolute Gasteiger partial charge is 0.497 e. The number of benzene rings is 1. The minimum absolute atomic E-state index is 0.413. The highest BCUT2D eigenvalue weighted by Gasteiger charge is 2.32. The van der Waals surface area contributed by atoms with Gasteiger partial charge in [-0.25, -0.2) is 0 Å². The van der Waals surface area contributed by atoms with Crippen LogP contribution in [-0.4, -0.2) is 43.9 Å². The first kappa shape index (κ1) is 14.8. The zero-order valence-corrected chi connectivity index (χ0v) is 12.3. The molecule has 1 fully saturated rings. The zero-order chi connectivity index (χ0) is 14.4. The van der Waals surface area contributed by atoms with Crippen molar-refractivity contribution in [2.24, 2.45) is 0 Å². The summed E-state index contributed by atoms with van der Waals surface area (Å²) in [5, 5.41) is 9.55. The number of methoxy groups -OCH3 is 1. The summed E-state index contributed by atoms with van der Waals surface area (Å²) in [5.74, 6) is 0.866. The predicted octanol–water partition coefficient (Wildman–Crippen LogP) is 2.24. The van der Waals surface area contributed by atoms with Gasteiger partial charge in [0.1, 0.15) is 11.3 Å². The number of rotatable bonds is 5. The fourth-order valence-electron chi connectivity index (χ4n) is 2.52. The van der Waals surface area contributed by atoms with Crippen LogP contribution in [0.5, 0.6) is 5.75 Å². The summed E-state index contributed by atoms with van der Waals surface area (Å²) in [6.07, 6.45) is 1.72. The fraction of sp³-hybridized carbons (Fsp3) is 0.562. The molecule has 1 atom stereocenters. The van der Waals surface area contributed by atoms with Crippen molar-refractivity contribution in [3.63, 3.8) is 0 Å². The van der Waals surface area contributed by atoms with Gasteiger partial charge < -0.3 is 9.47 Å². The molecule has 4 heteroatoms. The third-order valence-electron chi connectivity index (χ3n) is 4.01. The zero-order valence-electron chi connectivity index (χ0n) is 12.3. The number of nitrogens with zero attached hydrogens (tertiary/aromatic N) is 2. The molecule has 1 aliphatic heterocycles. The van der Waals surface area contributed by atoms with E-state index in [2.05, 4.69) is 23.1 Å². The van der Waals surface area contributed by atoms with Crippen LogP contribution in [0.15, 0.2) is 24.3 Å². The van der Waals surface area contributed by atoms with E-state index in [1.165, 1.54) is 5.56 Å². The molecule has 0 spiro atoms. The Morgan fingerprint density at radius 2 is 1.95 bits per heavy atom. The molecule has 1 heterocycles. The van der Waals surface area contributed by atoms with E-state index in [1.807, 2.05) is 19.1 Å². The molecule has 108 valence electrons. The maximum atomic E-state index is 9.55. The molecule has 1 aliphatic rings. The summed E-state index contributed by atoms with van der Waals surface area (Å²) in [5.41, 5.74) is 0.824. The number of morpholine rings is 1. The van der Waals surface area contributed by atoms with Crippen LogP contribution in [0.4, 0.5) is 0 Å². The number of ether oxygens (including phenoxy) is 2. The quantitative estimate of drug-likeness (QED) is 0.826. The maximum Gasteiger partial charge on any atom is 0.118 e. The van der Waals surface area contributed by atoms with Gasteiger partial charge in [-0.05, 0) is 37.5 Å². The van der Waals surface area contributed by atoms with Crippen LogP contribution in [0.3, 0.4) is 0 Å². The Hall–Kier alpha value is -1.57. The molecule has 0 aliphatic carbocycles. The number of hydrogen-bond acceptors (Lipinski definition) is 4. The maximum absolute atomic E-state index is 9.55. The molecular formula is C16H22N2O2. The van der Waals surface area contributed by atoms with Crippen molar-refractivity contribution in [2.45, 2.75) is 25.3 Å². The SMILES string of the molecule is COc1ccc(CCC(C)(C#N)N2CCOCC2)cc1. The molecule has 0 bridgehead atoms. The van der Waals surface area contributed by atoms with Gasteiger partial charge in [0.25, 0.3) is 0 Å². The molecule has 0 saturated carbocycles. The Bertz CT molecular complexity index is 460. The van der Waals surface area contributed by atoms with Crippen LogP contribution in [0.1, 0.15) is 18.9 Å². The molecule has 0 amide bonds. The molecule has 1 unspecified atom stereocenters. The topological polar surface area (TPSA) is 45.5 Å². The average molecular weight is 274 g/mol. The summed E-state index contributed by atoms with van der Waals surface area (Å²) in [7, 11) is 1.67. The van der Waals surface area contributed by atoms with Crippen molar-refractivity contribution in [3.05, 3.63) is 29.8 Å². The first-order valence-electron chi connectivity index (χ1n) is 7.05. The van der Waals surface area contributed by atoms with Crippen molar-refractivity contribution in [2.75, 3.05) is 33.4 Å². The van der Waals surface area contributed by atoms with E-state index >= 15 is 0 Å². The van der Waals surface area contributed by atoms with Gasteiger partial charge in [-0.1, -0.05) is 12.1 Å². The second kappa shape index (κ2) is 6.74. The molecule has 2 rings (SSSR count). The van der Waals surface area contributed by atoms with Gasteiger partial charge in [0.2, 0.25) is 0 Å². The summed E-state index contributed by atoms with van der Waals surface area (Å²) >= 11 is 0. The van der Waals surface area contributed by atoms with Gasteiger partial charge >= 0.3 is 0 Å². The van der Waals surface area contributed by atoms with E-state index in [0.29, 0.717) is 0 Å². The molecule has 20 heavy (non-hydrogen) atoms. The molecule has 1 saturated heterocycles. The van der Waals surface area contributed by atoms with Gasteiger partial charge in [-0.3, -0.25) is 4.90 Å². The molecule has 1 aromatic rings. The molecule has 1 aromatic carbocycles. The summed E-state index contributed by atoms with van der Waals surface area (Å²) in [6.45, 7) is 5.15. The van der Waals surface area contributed by atoms with E-state index < -0.39 is 5.54 Å². The minimum Gasteiger partial charge on any atom is -0.497 e. The second-order valence-corrected chi connectivity index (χ2v) is 5.33. The van der Waals surface area contributed by atoms with Gasteiger partial charge in [0, 0.05) is 13.1 Å². The molecular weight excluding hydrogens is 252 g/mol. The van der Waals surface area contributed by atoms with Gasteiger partial charge in [0.05, 0.1) is 26.4 Å². The highest BCUT2D eigenvalue weighted by atomic mass is 16.5. The summed E-state index contributed by atoms with van der Waals surface area (Å²) in [4.78, 5) is 2.24. The summed E-state index contributed by atoms with van der Waals surface area (Å²) in [6, 6.07) is 10.5. The normalized spacial score (nSPS) is 19.1. The smallest absolute Gasteiger partial charge is 0.118 e. The molecule has 0 aromatic heterocycles. The first-order chi connectivity index (χ1) is 9.68. The molecule has 0 N–H and O–H groups in total. The number of aryl methyl sites for hydroxylation is 1. The predicted molar refractivity (Wildman–Crippen MR) is 77.7 cm³/mol. The Balaban J connectivity index is 1.96. The van der Waals surface area contributed by atoms with Crippen molar-refractivity contribution in [3.8, 4) is 11.8 Å². The van der Waals surface area contributed by atoms with Gasteiger partial charge in [0.15, 0.2) is 0 Å². The van der Waals surface area contributed by atoms with Crippen molar-refractivity contribution < 1.29 is 9.47 Å². The Morgan fingerprint density at radius 3 is 2.50 bits per heavy atom. The summed E-state index contributed by atoms with van der Waals surface area (Å²) < 4.78 is 10.5.